The molecule has 0 saturated carbocycles. The van der Waals surface area contributed by atoms with Crippen molar-refractivity contribution in [1.82, 2.24) is 10.2 Å². The van der Waals surface area contributed by atoms with Crippen LogP contribution in [0.4, 0.5) is 0 Å². The zero-order valence-corrected chi connectivity index (χ0v) is 19.5. The van der Waals surface area contributed by atoms with E-state index in [4.69, 9.17) is 17.3 Å². The molecular weight excluding hydrogens is 456 g/mol. The number of thiocarbonyl (C=S) groups is 1. The Morgan fingerprint density at radius 1 is 1.12 bits per heavy atom. The van der Waals surface area contributed by atoms with E-state index in [1.807, 2.05) is 42.5 Å². The second-order valence-electron chi connectivity index (χ2n) is 7.80. The average Bonchev–Trinajstić information content (AvgIpc) is 3.06. The van der Waals surface area contributed by atoms with E-state index >= 15 is 0 Å². The van der Waals surface area contributed by atoms with Crippen LogP contribution in [0.25, 0.3) is 27.6 Å². The predicted molar refractivity (Wildman–Crippen MR) is 136 cm³/mol. The van der Waals surface area contributed by atoms with Crippen LogP contribution in [0.3, 0.4) is 0 Å². The third kappa shape index (κ3) is 4.91. The molecule has 6 nitrogen and oxygen atoms in total. The number of amides is 2. The molecule has 0 radical (unpaired) electrons. The maximum absolute atomic E-state index is 13.1. The van der Waals surface area contributed by atoms with Crippen LogP contribution in [-0.2, 0) is 14.4 Å². The summed E-state index contributed by atoms with van der Waals surface area (Å²) >= 11 is 6.69. The van der Waals surface area contributed by atoms with Gasteiger partial charge < -0.3 is 10.4 Å². The molecule has 8 heteroatoms. The van der Waals surface area contributed by atoms with Gasteiger partial charge in [0.05, 0.1) is 4.91 Å². The quantitative estimate of drug-likeness (QED) is 0.294. The normalized spacial score (nSPS) is 16.0. The standard InChI is InChI=1S/C25H22N2O4S2/c1-15(24(30)31)26-22(28)11-6-12-27-23(29)21(33-25(27)32)14-20-18-9-4-2-7-16(18)13-17-8-3-5-10-19(17)20/h2-5,7-10,13-15H,6,11-12H2,1H3,(H,26,28)(H,30,31)/b21-14-. The summed E-state index contributed by atoms with van der Waals surface area (Å²) < 4.78 is 0.454. The topological polar surface area (TPSA) is 86.7 Å². The van der Waals surface area contributed by atoms with Gasteiger partial charge in [0.2, 0.25) is 5.91 Å². The SMILES string of the molecule is CC(NC(=O)CCCN1C(=O)/C(=C/c2c3ccccc3cc3ccccc23)SC1=S)C(=O)O. The van der Waals surface area contributed by atoms with E-state index in [2.05, 4.69) is 23.5 Å². The van der Waals surface area contributed by atoms with Crippen molar-refractivity contribution in [3.8, 4) is 0 Å². The zero-order chi connectivity index (χ0) is 23.5. The highest BCUT2D eigenvalue weighted by Gasteiger charge is 2.32. The Labute approximate surface area is 200 Å². The number of carboxylic acid groups (broad SMARTS) is 1. The number of carboxylic acids is 1. The molecule has 1 atom stereocenters. The monoisotopic (exact) mass is 478 g/mol. The minimum absolute atomic E-state index is 0.113. The van der Waals surface area contributed by atoms with Crippen LogP contribution in [0.5, 0.6) is 0 Å². The first kappa shape index (κ1) is 22.9. The maximum Gasteiger partial charge on any atom is 0.325 e. The van der Waals surface area contributed by atoms with Crippen molar-refractivity contribution in [1.29, 1.82) is 0 Å². The van der Waals surface area contributed by atoms with Gasteiger partial charge in [0.1, 0.15) is 10.4 Å². The van der Waals surface area contributed by atoms with Crippen molar-refractivity contribution in [3.05, 3.63) is 65.1 Å². The molecule has 2 amide bonds. The first-order valence-corrected chi connectivity index (χ1v) is 11.8. The molecule has 3 aromatic rings. The van der Waals surface area contributed by atoms with E-state index in [-0.39, 0.29) is 18.2 Å². The molecule has 0 aliphatic carbocycles. The average molecular weight is 479 g/mol. The lowest BCUT2D eigenvalue weighted by atomic mass is 9.96. The van der Waals surface area contributed by atoms with E-state index in [0.717, 1.165) is 27.1 Å². The van der Waals surface area contributed by atoms with Crippen molar-refractivity contribution < 1.29 is 19.5 Å². The highest BCUT2D eigenvalue weighted by Crippen LogP contribution is 2.36. The minimum atomic E-state index is -1.09. The number of hydrogen-bond donors (Lipinski definition) is 2. The Bertz CT molecular complexity index is 1260. The van der Waals surface area contributed by atoms with Gasteiger partial charge >= 0.3 is 5.97 Å². The number of benzene rings is 3. The van der Waals surface area contributed by atoms with Gasteiger partial charge in [-0.1, -0.05) is 72.5 Å². The third-order valence-corrected chi connectivity index (χ3v) is 6.87. The van der Waals surface area contributed by atoms with Crippen LogP contribution in [0.1, 0.15) is 25.3 Å². The van der Waals surface area contributed by atoms with E-state index in [1.54, 1.807) is 0 Å². The van der Waals surface area contributed by atoms with Gasteiger partial charge in [-0.15, -0.1) is 0 Å². The van der Waals surface area contributed by atoms with E-state index in [1.165, 1.54) is 23.6 Å². The van der Waals surface area contributed by atoms with Crippen LogP contribution in [0.15, 0.2) is 59.5 Å². The molecule has 0 bridgehead atoms. The summed E-state index contributed by atoms with van der Waals surface area (Å²) in [5, 5.41) is 15.6. The van der Waals surface area contributed by atoms with Gasteiger partial charge in [-0.25, -0.2) is 0 Å². The second-order valence-corrected chi connectivity index (χ2v) is 9.47. The largest absolute Gasteiger partial charge is 0.480 e. The fourth-order valence-corrected chi connectivity index (χ4v) is 5.09. The van der Waals surface area contributed by atoms with Crippen LogP contribution in [0, 0.1) is 0 Å². The number of rotatable bonds is 7. The number of thioether (sulfide) groups is 1. The van der Waals surface area contributed by atoms with Gasteiger partial charge in [0, 0.05) is 13.0 Å². The summed E-state index contributed by atoms with van der Waals surface area (Å²) in [5.74, 6) is -1.64. The first-order valence-electron chi connectivity index (χ1n) is 10.5. The van der Waals surface area contributed by atoms with Gasteiger partial charge in [0.15, 0.2) is 0 Å². The minimum Gasteiger partial charge on any atom is -0.480 e. The number of nitrogens with zero attached hydrogens (tertiary/aromatic N) is 1. The molecule has 1 aliphatic rings. The van der Waals surface area contributed by atoms with Gasteiger partial charge in [-0.2, -0.15) is 0 Å². The van der Waals surface area contributed by atoms with Crippen molar-refractivity contribution in [2.45, 2.75) is 25.8 Å². The fourth-order valence-electron chi connectivity index (χ4n) is 3.80. The predicted octanol–water partition coefficient (Wildman–Crippen LogP) is 4.56. The molecule has 1 fully saturated rings. The summed E-state index contributed by atoms with van der Waals surface area (Å²) in [6.45, 7) is 1.71. The molecule has 4 rings (SSSR count). The Balaban J connectivity index is 1.54. The van der Waals surface area contributed by atoms with Crippen LogP contribution >= 0.6 is 24.0 Å². The molecule has 168 valence electrons. The van der Waals surface area contributed by atoms with Crippen molar-refractivity contribution in [2.24, 2.45) is 0 Å². The molecule has 1 saturated heterocycles. The van der Waals surface area contributed by atoms with Crippen LogP contribution < -0.4 is 5.32 Å². The lowest BCUT2D eigenvalue weighted by molar-refractivity contribution is -0.141. The number of hydrogen-bond acceptors (Lipinski definition) is 5. The summed E-state index contributed by atoms with van der Waals surface area (Å²) in [6, 6.07) is 17.3. The molecule has 1 heterocycles. The first-order chi connectivity index (χ1) is 15.8. The number of aliphatic carboxylic acids is 1. The smallest absolute Gasteiger partial charge is 0.325 e. The van der Waals surface area contributed by atoms with Crippen LogP contribution in [0.2, 0.25) is 0 Å². The van der Waals surface area contributed by atoms with E-state index in [0.29, 0.717) is 22.2 Å². The molecule has 0 aromatic heterocycles. The number of carbonyl (C=O) groups is 3. The zero-order valence-electron chi connectivity index (χ0n) is 17.9. The lowest BCUT2D eigenvalue weighted by Gasteiger charge is -2.14. The van der Waals surface area contributed by atoms with E-state index < -0.39 is 12.0 Å². The molecule has 1 aliphatic heterocycles. The molecular formula is C25H22N2O4S2. The molecule has 33 heavy (non-hydrogen) atoms. The molecule has 0 spiro atoms. The summed E-state index contributed by atoms with van der Waals surface area (Å²) in [6.07, 6.45) is 2.40. The number of carbonyl (C=O) groups excluding carboxylic acids is 2. The number of nitrogens with one attached hydrogen (secondary N) is 1. The van der Waals surface area contributed by atoms with Gasteiger partial charge in [0.25, 0.3) is 5.91 Å². The van der Waals surface area contributed by atoms with Crippen LogP contribution in [-0.4, -0.2) is 44.7 Å². The summed E-state index contributed by atoms with van der Waals surface area (Å²) in [5.41, 5.74) is 0.978. The van der Waals surface area contributed by atoms with Gasteiger partial charge in [-0.3, -0.25) is 19.3 Å². The molecule has 1 unspecified atom stereocenters. The fraction of sp³-hybridized carbons (Fsp3) is 0.200. The van der Waals surface area contributed by atoms with E-state index in [9.17, 15) is 14.4 Å². The second kappa shape index (κ2) is 9.72. The van der Waals surface area contributed by atoms with Crippen molar-refractivity contribution in [2.75, 3.05) is 6.54 Å². The summed E-state index contributed by atoms with van der Waals surface area (Å²) in [4.78, 5) is 37.9. The Kier molecular flexibility index (Phi) is 6.76. The third-order valence-electron chi connectivity index (χ3n) is 5.50. The Morgan fingerprint density at radius 2 is 1.73 bits per heavy atom. The maximum atomic E-state index is 13.1. The summed E-state index contributed by atoms with van der Waals surface area (Å²) in [7, 11) is 0. The molecule has 2 N–H and O–H groups in total. The van der Waals surface area contributed by atoms with Crippen molar-refractivity contribution >= 4 is 73.7 Å². The van der Waals surface area contributed by atoms with Gasteiger partial charge in [-0.05, 0) is 52.6 Å². The number of fused-ring (bicyclic) bond motifs is 2. The lowest BCUT2D eigenvalue weighted by Crippen LogP contribution is -2.38. The highest BCUT2D eigenvalue weighted by atomic mass is 32.2. The van der Waals surface area contributed by atoms with Crippen molar-refractivity contribution in [3.63, 3.8) is 0 Å². The highest BCUT2D eigenvalue weighted by molar-refractivity contribution is 8.26. The Hall–Kier alpha value is -3.23. The Morgan fingerprint density at radius 3 is 2.33 bits per heavy atom. The molecule has 3 aromatic carbocycles.